The van der Waals surface area contributed by atoms with Crippen molar-refractivity contribution in [2.75, 3.05) is 13.1 Å². The summed E-state index contributed by atoms with van der Waals surface area (Å²) in [6.45, 7) is 1.40. The first-order valence-corrected chi connectivity index (χ1v) is 11.1. The Labute approximate surface area is 185 Å². The Hall–Kier alpha value is -2.87. The second-order valence-corrected chi connectivity index (χ2v) is 8.35. The maximum absolute atomic E-state index is 12.9. The number of allylic oxidation sites excluding steroid dienone is 1. The largest absolute Gasteiger partial charge is 0.354 e. The lowest BCUT2D eigenvalue weighted by Gasteiger charge is -2.26. The number of hydrogen-bond donors (Lipinski definition) is 1. The maximum Gasteiger partial charge on any atom is 0.346 e. The van der Waals surface area contributed by atoms with Crippen molar-refractivity contribution in [2.45, 2.75) is 51.7 Å². The third kappa shape index (κ3) is 4.90. The van der Waals surface area contributed by atoms with E-state index >= 15 is 0 Å². The molecule has 1 aliphatic heterocycles. The number of fused-ring (bicyclic) bond motifs is 1. The third-order valence-corrected chi connectivity index (χ3v) is 6.13. The van der Waals surface area contributed by atoms with Crippen LogP contribution in [0.3, 0.4) is 0 Å². The van der Waals surface area contributed by atoms with E-state index < -0.39 is 5.69 Å². The highest BCUT2D eigenvalue weighted by Crippen LogP contribution is 2.20. The molecule has 9 heteroatoms. The van der Waals surface area contributed by atoms with Crippen LogP contribution in [-0.2, 0) is 24.4 Å². The van der Waals surface area contributed by atoms with Gasteiger partial charge in [-0.05, 0) is 43.7 Å². The first kappa shape index (κ1) is 21.4. The standard InChI is InChI=1S/C22H26ClN5O3/c23-18-9-5-4-8-17(18)14-26-12-13-27-20(21(26)30)25-28(22(27)31)15-19(29)24-11-10-16-6-2-1-3-7-16/h4-6,8-9H,1-3,7,10-15H2,(H,24,29). The molecule has 0 radical (unpaired) electrons. The number of carbonyl (C=O) groups excluding carboxylic acids is 2. The first-order valence-electron chi connectivity index (χ1n) is 10.7. The fourth-order valence-corrected chi connectivity index (χ4v) is 4.23. The Morgan fingerprint density at radius 1 is 1.16 bits per heavy atom. The van der Waals surface area contributed by atoms with Crippen LogP contribution in [0.1, 0.15) is 48.3 Å². The molecule has 4 rings (SSSR count). The Bertz CT molecular complexity index is 1070. The van der Waals surface area contributed by atoms with Crippen LogP contribution in [0.15, 0.2) is 40.7 Å². The Morgan fingerprint density at radius 3 is 2.77 bits per heavy atom. The van der Waals surface area contributed by atoms with Gasteiger partial charge in [0.05, 0.1) is 0 Å². The van der Waals surface area contributed by atoms with Crippen LogP contribution >= 0.6 is 11.6 Å². The van der Waals surface area contributed by atoms with Crippen molar-refractivity contribution in [1.29, 1.82) is 0 Å². The predicted octanol–water partition coefficient (Wildman–Crippen LogP) is 2.36. The van der Waals surface area contributed by atoms with E-state index in [2.05, 4.69) is 16.5 Å². The summed E-state index contributed by atoms with van der Waals surface area (Å²) in [5.41, 5.74) is 1.77. The van der Waals surface area contributed by atoms with Gasteiger partial charge >= 0.3 is 5.69 Å². The van der Waals surface area contributed by atoms with Gasteiger partial charge in [0, 0.05) is 31.2 Å². The molecule has 1 aliphatic carbocycles. The molecule has 31 heavy (non-hydrogen) atoms. The van der Waals surface area contributed by atoms with Crippen molar-refractivity contribution in [3.63, 3.8) is 0 Å². The summed E-state index contributed by atoms with van der Waals surface area (Å²) in [6, 6.07) is 7.34. The second-order valence-electron chi connectivity index (χ2n) is 7.94. The van der Waals surface area contributed by atoms with Crippen LogP contribution in [0.5, 0.6) is 0 Å². The van der Waals surface area contributed by atoms with Crippen LogP contribution in [0, 0.1) is 0 Å². The number of nitrogens with zero attached hydrogens (tertiary/aromatic N) is 4. The molecule has 0 bridgehead atoms. The quantitative estimate of drug-likeness (QED) is 0.665. The van der Waals surface area contributed by atoms with Gasteiger partial charge in [-0.3, -0.25) is 14.2 Å². The molecule has 0 atom stereocenters. The summed E-state index contributed by atoms with van der Waals surface area (Å²) >= 11 is 6.21. The highest BCUT2D eigenvalue weighted by Gasteiger charge is 2.30. The predicted molar refractivity (Wildman–Crippen MR) is 117 cm³/mol. The van der Waals surface area contributed by atoms with Crippen molar-refractivity contribution in [1.82, 2.24) is 24.6 Å². The summed E-state index contributed by atoms with van der Waals surface area (Å²) < 4.78 is 2.41. The normalized spacial score (nSPS) is 16.1. The molecule has 2 heterocycles. The molecule has 0 saturated carbocycles. The van der Waals surface area contributed by atoms with E-state index in [0.29, 0.717) is 31.2 Å². The second kappa shape index (κ2) is 9.51. The zero-order chi connectivity index (χ0) is 21.8. The Balaban J connectivity index is 1.38. The summed E-state index contributed by atoms with van der Waals surface area (Å²) in [6.07, 6.45) is 7.73. The number of aromatic nitrogens is 3. The maximum atomic E-state index is 12.9. The molecule has 1 aromatic heterocycles. The van der Waals surface area contributed by atoms with Gasteiger partial charge in [-0.25, -0.2) is 9.48 Å². The fraction of sp³-hybridized carbons (Fsp3) is 0.455. The molecule has 2 aliphatic rings. The molecule has 8 nitrogen and oxygen atoms in total. The summed E-state index contributed by atoms with van der Waals surface area (Å²) in [7, 11) is 0. The Morgan fingerprint density at radius 2 is 2.00 bits per heavy atom. The van der Waals surface area contributed by atoms with Crippen molar-refractivity contribution in [3.05, 3.63) is 62.8 Å². The number of nitrogens with one attached hydrogen (secondary N) is 1. The minimum atomic E-state index is -0.439. The lowest BCUT2D eigenvalue weighted by Crippen LogP contribution is -2.42. The van der Waals surface area contributed by atoms with Gasteiger partial charge in [-0.1, -0.05) is 41.4 Å². The molecule has 2 amide bonds. The topological polar surface area (TPSA) is 89.2 Å². The number of carbonyl (C=O) groups is 2. The van der Waals surface area contributed by atoms with E-state index in [-0.39, 0.29) is 24.2 Å². The lowest BCUT2D eigenvalue weighted by molar-refractivity contribution is -0.121. The summed E-state index contributed by atoms with van der Waals surface area (Å²) in [4.78, 5) is 39.4. The van der Waals surface area contributed by atoms with Crippen LogP contribution in [0.25, 0.3) is 0 Å². The molecular weight excluding hydrogens is 418 g/mol. The summed E-state index contributed by atoms with van der Waals surface area (Å²) in [5.74, 6) is -0.565. The molecule has 1 N–H and O–H groups in total. The van der Waals surface area contributed by atoms with E-state index in [9.17, 15) is 14.4 Å². The average molecular weight is 444 g/mol. The minimum absolute atomic E-state index is 0.0588. The number of hydrogen-bond acceptors (Lipinski definition) is 4. The number of rotatable bonds is 7. The molecule has 164 valence electrons. The van der Waals surface area contributed by atoms with E-state index in [1.165, 1.54) is 23.0 Å². The minimum Gasteiger partial charge on any atom is -0.354 e. The van der Waals surface area contributed by atoms with Crippen molar-refractivity contribution < 1.29 is 9.59 Å². The monoisotopic (exact) mass is 443 g/mol. The van der Waals surface area contributed by atoms with Gasteiger partial charge in [-0.2, -0.15) is 0 Å². The third-order valence-electron chi connectivity index (χ3n) is 5.76. The van der Waals surface area contributed by atoms with Crippen molar-refractivity contribution in [2.24, 2.45) is 0 Å². The molecule has 1 aromatic carbocycles. The molecule has 2 aromatic rings. The van der Waals surface area contributed by atoms with Crippen molar-refractivity contribution in [3.8, 4) is 0 Å². The van der Waals surface area contributed by atoms with Gasteiger partial charge in [0.2, 0.25) is 11.7 Å². The lowest BCUT2D eigenvalue weighted by atomic mass is 9.97. The summed E-state index contributed by atoms with van der Waals surface area (Å²) in [5, 5.41) is 7.59. The fourth-order valence-electron chi connectivity index (χ4n) is 4.04. The van der Waals surface area contributed by atoms with Crippen LogP contribution in [0.2, 0.25) is 5.02 Å². The number of halogens is 1. The SMILES string of the molecule is O=C(Cn1nc2n(c1=O)CCN(Cc1ccccc1Cl)C2=O)NCCC1=CCCCC1. The number of benzene rings is 1. The van der Waals surface area contributed by atoms with E-state index in [4.69, 9.17) is 11.6 Å². The van der Waals surface area contributed by atoms with E-state index in [1.54, 1.807) is 11.0 Å². The van der Waals surface area contributed by atoms with Crippen LogP contribution in [-0.4, -0.2) is 44.2 Å². The molecule has 0 spiro atoms. The van der Waals surface area contributed by atoms with Gasteiger partial charge in [-0.15, -0.1) is 5.10 Å². The highest BCUT2D eigenvalue weighted by atomic mass is 35.5. The van der Waals surface area contributed by atoms with E-state index in [1.807, 2.05) is 18.2 Å². The average Bonchev–Trinajstić information content (AvgIpc) is 3.08. The first-order chi connectivity index (χ1) is 15.0. The molecule has 0 unspecified atom stereocenters. The van der Waals surface area contributed by atoms with Gasteiger partial charge < -0.3 is 10.2 Å². The van der Waals surface area contributed by atoms with Crippen LogP contribution < -0.4 is 11.0 Å². The highest BCUT2D eigenvalue weighted by molar-refractivity contribution is 6.31. The van der Waals surface area contributed by atoms with Crippen molar-refractivity contribution >= 4 is 23.4 Å². The zero-order valence-corrected chi connectivity index (χ0v) is 18.1. The van der Waals surface area contributed by atoms with Gasteiger partial charge in [0.1, 0.15) is 6.54 Å². The molecule has 0 fully saturated rings. The Kier molecular flexibility index (Phi) is 6.56. The molecule has 0 saturated heterocycles. The van der Waals surface area contributed by atoms with Gasteiger partial charge in [0.15, 0.2) is 0 Å². The zero-order valence-electron chi connectivity index (χ0n) is 17.3. The number of amides is 2. The smallest absolute Gasteiger partial charge is 0.346 e. The van der Waals surface area contributed by atoms with Gasteiger partial charge in [0.25, 0.3) is 5.91 Å². The van der Waals surface area contributed by atoms with Crippen LogP contribution in [0.4, 0.5) is 0 Å². The molecular formula is C22H26ClN5O3. The van der Waals surface area contributed by atoms with E-state index in [0.717, 1.165) is 29.5 Å².